The molecule has 0 aliphatic carbocycles. The zero-order valence-corrected chi connectivity index (χ0v) is 8.31. The van der Waals surface area contributed by atoms with Crippen molar-refractivity contribution in [3.05, 3.63) is 35.9 Å². The highest BCUT2D eigenvalue weighted by atomic mass is 16.5. The predicted molar refractivity (Wildman–Crippen MR) is 53.0 cm³/mol. The first-order valence-electron chi connectivity index (χ1n) is 4.54. The number of hydrogen-bond donors (Lipinski definition) is 1. The van der Waals surface area contributed by atoms with Gasteiger partial charge in [-0.25, -0.2) is 4.79 Å². The van der Waals surface area contributed by atoms with Gasteiger partial charge in [0.05, 0.1) is 6.10 Å². The van der Waals surface area contributed by atoms with Crippen molar-refractivity contribution >= 4 is 5.97 Å². The SMILES string of the molecule is CC(C)OC(C(=O)O)c1ccccc1. The Morgan fingerprint density at radius 2 is 1.86 bits per heavy atom. The van der Waals surface area contributed by atoms with Crippen LogP contribution >= 0.6 is 0 Å². The molecule has 76 valence electrons. The van der Waals surface area contributed by atoms with Crippen LogP contribution in [0, 0.1) is 0 Å². The second-order valence-electron chi connectivity index (χ2n) is 3.31. The Kier molecular flexibility index (Phi) is 3.65. The molecular formula is C11H14O3. The highest BCUT2D eigenvalue weighted by molar-refractivity contribution is 5.74. The summed E-state index contributed by atoms with van der Waals surface area (Å²) in [6.07, 6.45) is -0.965. The van der Waals surface area contributed by atoms with Gasteiger partial charge in [0, 0.05) is 0 Å². The van der Waals surface area contributed by atoms with Crippen LogP contribution in [0.4, 0.5) is 0 Å². The largest absolute Gasteiger partial charge is 0.479 e. The minimum atomic E-state index is -0.954. The molecule has 0 radical (unpaired) electrons. The first kappa shape index (κ1) is 10.7. The Labute approximate surface area is 83.3 Å². The number of ether oxygens (including phenoxy) is 1. The summed E-state index contributed by atoms with van der Waals surface area (Å²) < 4.78 is 5.30. The normalized spacial score (nSPS) is 12.8. The molecule has 0 spiro atoms. The number of benzene rings is 1. The highest BCUT2D eigenvalue weighted by Crippen LogP contribution is 2.18. The van der Waals surface area contributed by atoms with Crippen LogP contribution in [-0.4, -0.2) is 17.2 Å². The van der Waals surface area contributed by atoms with Crippen LogP contribution in [0.5, 0.6) is 0 Å². The van der Waals surface area contributed by atoms with Crippen LogP contribution in [0.2, 0.25) is 0 Å². The van der Waals surface area contributed by atoms with Crippen LogP contribution in [0.15, 0.2) is 30.3 Å². The molecule has 3 nitrogen and oxygen atoms in total. The Hall–Kier alpha value is -1.35. The van der Waals surface area contributed by atoms with Gasteiger partial charge >= 0.3 is 5.97 Å². The fourth-order valence-electron chi connectivity index (χ4n) is 1.18. The Bertz CT molecular complexity index is 293. The fourth-order valence-corrected chi connectivity index (χ4v) is 1.18. The van der Waals surface area contributed by atoms with Crippen LogP contribution in [0.1, 0.15) is 25.5 Å². The third kappa shape index (κ3) is 2.85. The van der Waals surface area contributed by atoms with Gasteiger partial charge in [-0.2, -0.15) is 0 Å². The van der Waals surface area contributed by atoms with Crippen LogP contribution < -0.4 is 0 Å². The number of rotatable bonds is 4. The van der Waals surface area contributed by atoms with E-state index in [1.807, 2.05) is 19.9 Å². The van der Waals surface area contributed by atoms with Gasteiger partial charge in [-0.1, -0.05) is 30.3 Å². The molecule has 0 aliphatic heterocycles. The summed E-state index contributed by atoms with van der Waals surface area (Å²) in [5, 5.41) is 8.95. The molecule has 0 saturated heterocycles. The summed E-state index contributed by atoms with van der Waals surface area (Å²) in [6, 6.07) is 8.95. The lowest BCUT2D eigenvalue weighted by Gasteiger charge is -2.16. The number of carboxylic acids is 1. The fraction of sp³-hybridized carbons (Fsp3) is 0.364. The van der Waals surface area contributed by atoms with Gasteiger partial charge in [-0.05, 0) is 19.4 Å². The number of hydrogen-bond acceptors (Lipinski definition) is 2. The van der Waals surface area contributed by atoms with E-state index in [2.05, 4.69) is 0 Å². The quantitative estimate of drug-likeness (QED) is 0.799. The highest BCUT2D eigenvalue weighted by Gasteiger charge is 2.21. The molecule has 1 rings (SSSR count). The van der Waals surface area contributed by atoms with E-state index in [0.29, 0.717) is 5.56 Å². The van der Waals surface area contributed by atoms with E-state index in [0.717, 1.165) is 0 Å². The molecule has 0 aromatic heterocycles. The van der Waals surface area contributed by atoms with E-state index < -0.39 is 12.1 Å². The summed E-state index contributed by atoms with van der Waals surface area (Å²) in [6.45, 7) is 3.64. The second-order valence-corrected chi connectivity index (χ2v) is 3.31. The third-order valence-corrected chi connectivity index (χ3v) is 1.73. The molecule has 0 saturated carbocycles. The summed E-state index contributed by atoms with van der Waals surface area (Å²) in [5.41, 5.74) is 0.675. The van der Waals surface area contributed by atoms with Gasteiger partial charge in [0.2, 0.25) is 0 Å². The van der Waals surface area contributed by atoms with E-state index in [-0.39, 0.29) is 6.10 Å². The van der Waals surface area contributed by atoms with E-state index in [1.54, 1.807) is 24.3 Å². The maximum absolute atomic E-state index is 10.9. The molecule has 1 unspecified atom stereocenters. The summed E-state index contributed by atoms with van der Waals surface area (Å²) in [7, 11) is 0. The predicted octanol–water partition coefficient (Wildman–Crippen LogP) is 2.24. The zero-order valence-electron chi connectivity index (χ0n) is 8.31. The molecule has 14 heavy (non-hydrogen) atoms. The summed E-state index contributed by atoms with van der Waals surface area (Å²) >= 11 is 0. The lowest BCUT2D eigenvalue weighted by molar-refractivity contribution is -0.153. The van der Waals surface area contributed by atoms with Gasteiger partial charge in [0.15, 0.2) is 6.10 Å². The summed E-state index contributed by atoms with van der Waals surface area (Å²) in [5.74, 6) is -0.954. The molecule has 1 atom stereocenters. The lowest BCUT2D eigenvalue weighted by Crippen LogP contribution is -2.18. The van der Waals surface area contributed by atoms with Gasteiger partial charge in [-0.15, -0.1) is 0 Å². The number of carboxylic acid groups (broad SMARTS) is 1. The van der Waals surface area contributed by atoms with Crippen molar-refractivity contribution < 1.29 is 14.6 Å². The van der Waals surface area contributed by atoms with Crippen molar-refractivity contribution in [1.82, 2.24) is 0 Å². The van der Waals surface area contributed by atoms with Gasteiger partial charge in [-0.3, -0.25) is 0 Å². The molecule has 0 aliphatic rings. The van der Waals surface area contributed by atoms with Crippen molar-refractivity contribution in [1.29, 1.82) is 0 Å². The Morgan fingerprint density at radius 1 is 1.29 bits per heavy atom. The zero-order chi connectivity index (χ0) is 10.6. The molecule has 3 heteroatoms. The van der Waals surface area contributed by atoms with Crippen molar-refractivity contribution in [3.63, 3.8) is 0 Å². The topological polar surface area (TPSA) is 46.5 Å². The van der Waals surface area contributed by atoms with Crippen molar-refractivity contribution in [2.24, 2.45) is 0 Å². The van der Waals surface area contributed by atoms with Crippen molar-refractivity contribution in [2.45, 2.75) is 26.1 Å². The molecular weight excluding hydrogens is 180 g/mol. The lowest BCUT2D eigenvalue weighted by atomic mass is 10.1. The second kappa shape index (κ2) is 4.77. The van der Waals surface area contributed by atoms with E-state index in [1.165, 1.54) is 0 Å². The molecule has 0 bridgehead atoms. The first-order valence-corrected chi connectivity index (χ1v) is 4.54. The van der Waals surface area contributed by atoms with Crippen molar-refractivity contribution in [2.75, 3.05) is 0 Å². The van der Waals surface area contributed by atoms with E-state index in [4.69, 9.17) is 9.84 Å². The maximum atomic E-state index is 10.9. The minimum Gasteiger partial charge on any atom is -0.479 e. The third-order valence-electron chi connectivity index (χ3n) is 1.73. The molecule has 1 N–H and O–H groups in total. The van der Waals surface area contributed by atoms with Gasteiger partial charge < -0.3 is 9.84 Å². The Balaban J connectivity index is 2.84. The first-order chi connectivity index (χ1) is 6.61. The standard InChI is InChI=1S/C11H14O3/c1-8(2)14-10(11(12)13)9-6-4-3-5-7-9/h3-8,10H,1-2H3,(H,12,13). The molecule has 0 amide bonds. The van der Waals surface area contributed by atoms with E-state index in [9.17, 15) is 4.79 Å². The smallest absolute Gasteiger partial charge is 0.337 e. The average Bonchev–Trinajstić information content (AvgIpc) is 2.15. The van der Waals surface area contributed by atoms with Crippen LogP contribution in [0.3, 0.4) is 0 Å². The molecule has 1 aromatic carbocycles. The molecule has 0 fully saturated rings. The molecule has 1 aromatic rings. The maximum Gasteiger partial charge on any atom is 0.337 e. The summed E-state index contributed by atoms with van der Waals surface area (Å²) in [4.78, 5) is 10.9. The van der Waals surface area contributed by atoms with Gasteiger partial charge in [0.25, 0.3) is 0 Å². The average molecular weight is 194 g/mol. The van der Waals surface area contributed by atoms with E-state index >= 15 is 0 Å². The van der Waals surface area contributed by atoms with Crippen LogP contribution in [-0.2, 0) is 9.53 Å². The molecule has 0 heterocycles. The van der Waals surface area contributed by atoms with Crippen LogP contribution in [0.25, 0.3) is 0 Å². The van der Waals surface area contributed by atoms with Gasteiger partial charge in [0.1, 0.15) is 0 Å². The number of aliphatic carboxylic acids is 1. The monoisotopic (exact) mass is 194 g/mol. The minimum absolute atomic E-state index is 0.101. The Morgan fingerprint density at radius 3 is 2.29 bits per heavy atom. The number of carbonyl (C=O) groups is 1. The van der Waals surface area contributed by atoms with Crippen molar-refractivity contribution in [3.8, 4) is 0 Å².